The number of phenols is 1. The van der Waals surface area contributed by atoms with Crippen LogP contribution in [-0.2, 0) is 0 Å². The number of carbonyl (C=O) groups excluding carboxylic acids is 1. The van der Waals surface area contributed by atoms with Crippen LogP contribution in [0, 0.1) is 0 Å². The van der Waals surface area contributed by atoms with Gasteiger partial charge in [-0.05, 0) is 30.2 Å². The number of aromatic nitrogens is 2. The summed E-state index contributed by atoms with van der Waals surface area (Å²) in [5.41, 5.74) is 1.44. The maximum atomic E-state index is 11.9. The highest BCUT2D eigenvalue weighted by Gasteiger charge is 2.09. The van der Waals surface area contributed by atoms with Crippen molar-refractivity contribution in [2.24, 2.45) is 0 Å². The summed E-state index contributed by atoms with van der Waals surface area (Å²) in [7, 11) is 0. The molecule has 0 saturated carbocycles. The fourth-order valence-electron chi connectivity index (χ4n) is 1.50. The molecule has 5 heteroatoms. The molecule has 3 N–H and O–H groups in total. The third-order valence-corrected chi connectivity index (χ3v) is 2.59. The largest absolute Gasteiger partial charge is 0.508 e. The molecule has 0 aliphatic rings. The van der Waals surface area contributed by atoms with Crippen molar-refractivity contribution in [2.45, 2.75) is 19.8 Å². The van der Waals surface area contributed by atoms with Gasteiger partial charge in [-0.2, -0.15) is 5.10 Å². The molecule has 5 nitrogen and oxygen atoms in total. The van der Waals surface area contributed by atoms with E-state index >= 15 is 0 Å². The molecule has 0 saturated heterocycles. The number of nitrogens with zero attached hydrogens (tertiary/aromatic N) is 1. The van der Waals surface area contributed by atoms with Crippen molar-refractivity contribution in [1.29, 1.82) is 0 Å². The van der Waals surface area contributed by atoms with Gasteiger partial charge in [0.2, 0.25) is 0 Å². The van der Waals surface area contributed by atoms with Gasteiger partial charge >= 0.3 is 0 Å². The van der Waals surface area contributed by atoms with Gasteiger partial charge in [0.15, 0.2) is 5.82 Å². The molecule has 1 aromatic carbocycles. The maximum Gasteiger partial charge on any atom is 0.256 e. The monoisotopic (exact) mass is 245 g/mol. The molecule has 0 radical (unpaired) electrons. The molecule has 1 heterocycles. The number of hydrogen-bond donors (Lipinski definition) is 3. The zero-order chi connectivity index (χ0) is 13.1. The standard InChI is InChI=1S/C13H15N3O2/c1-8(2)11-7-12(16-15-11)14-13(18)9-3-5-10(17)6-4-9/h3-8,17H,1-2H3,(H2,14,15,16,18). The Morgan fingerprint density at radius 1 is 1.33 bits per heavy atom. The molecule has 0 aliphatic carbocycles. The number of hydrogen-bond acceptors (Lipinski definition) is 3. The van der Waals surface area contributed by atoms with Crippen LogP contribution in [0.3, 0.4) is 0 Å². The van der Waals surface area contributed by atoms with Crippen molar-refractivity contribution in [3.05, 3.63) is 41.6 Å². The van der Waals surface area contributed by atoms with Gasteiger partial charge in [-0.15, -0.1) is 0 Å². The van der Waals surface area contributed by atoms with Gasteiger partial charge in [-0.3, -0.25) is 9.89 Å². The molecular formula is C13H15N3O2. The Hall–Kier alpha value is -2.30. The molecule has 94 valence electrons. The lowest BCUT2D eigenvalue weighted by Gasteiger charge is -2.01. The van der Waals surface area contributed by atoms with Gasteiger partial charge in [0.25, 0.3) is 5.91 Å². The van der Waals surface area contributed by atoms with Gasteiger partial charge in [-0.1, -0.05) is 13.8 Å². The van der Waals surface area contributed by atoms with Crippen molar-refractivity contribution in [3.8, 4) is 5.75 Å². The molecule has 0 aliphatic heterocycles. The predicted molar refractivity (Wildman–Crippen MR) is 68.7 cm³/mol. The lowest BCUT2D eigenvalue weighted by Crippen LogP contribution is -2.11. The van der Waals surface area contributed by atoms with E-state index in [-0.39, 0.29) is 11.7 Å². The molecule has 0 unspecified atom stereocenters. The molecule has 0 spiro atoms. The van der Waals surface area contributed by atoms with Crippen LogP contribution >= 0.6 is 0 Å². The smallest absolute Gasteiger partial charge is 0.256 e. The number of rotatable bonds is 3. The normalized spacial score (nSPS) is 10.6. The summed E-state index contributed by atoms with van der Waals surface area (Å²) in [5.74, 6) is 0.707. The van der Waals surface area contributed by atoms with Crippen molar-refractivity contribution in [1.82, 2.24) is 10.2 Å². The second-order valence-electron chi connectivity index (χ2n) is 4.36. The van der Waals surface area contributed by atoms with Crippen LogP contribution in [0.15, 0.2) is 30.3 Å². The van der Waals surface area contributed by atoms with E-state index in [4.69, 9.17) is 5.11 Å². The molecule has 18 heavy (non-hydrogen) atoms. The van der Waals surface area contributed by atoms with E-state index in [1.807, 2.05) is 19.9 Å². The first-order valence-electron chi connectivity index (χ1n) is 5.72. The first-order chi connectivity index (χ1) is 8.56. The van der Waals surface area contributed by atoms with E-state index in [9.17, 15) is 4.79 Å². The topological polar surface area (TPSA) is 78.0 Å². The minimum atomic E-state index is -0.253. The predicted octanol–water partition coefficient (Wildman–Crippen LogP) is 2.49. The van der Waals surface area contributed by atoms with Crippen molar-refractivity contribution >= 4 is 11.7 Å². The zero-order valence-electron chi connectivity index (χ0n) is 10.3. The number of phenolic OH excluding ortho intramolecular Hbond substituents is 1. The molecule has 2 aromatic rings. The highest BCUT2D eigenvalue weighted by molar-refractivity contribution is 6.03. The fourth-order valence-corrected chi connectivity index (χ4v) is 1.50. The maximum absolute atomic E-state index is 11.9. The number of amides is 1. The molecule has 0 bridgehead atoms. The third kappa shape index (κ3) is 2.68. The van der Waals surface area contributed by atoms with Gasteiger partial charge in [0, 0.05) is 17.3 Å². The van der Waals surface area contributed by atoms with E-state index in [0.717, 1.165) is 5.69 Å². The Morgan fingerprint density at radius 2 is 2.00 bits per heavy atom. The molecule has 2 rings (SSSR count). The minimum Gasteiger partial charge on any atom is -0.508 e. The van der Waals surface area contributed by atoms with Crippen molar-refractivity contribution in [3.63, 3.8) is 0 Å². The van der Waals surface area contributed by atoms with Gasteiger partial charge < -0.3 is 10.4 Å². The van der Waals surface area contributed by atoms with Crippen molar-refractivity contribution in [2.75, 3.05) is 5.32 Å². The summed E-state index contributed by atoms with van der Waals surface area (Å²) in [5, 5.41) is 18.7. The SMILES string of the molecule is CC(C)c1cc(NC(=O)c2ccc(O)cc2)n[nH]1. The molecular weight excluding hydrogens is 230 g/mol. The number of benzene rings is 1. The summed E-state index contributed by atoms with van der Waals surface area (Å²) in [6.45, 7) is 4.08. The van der Waals surface area contributed by atoms with E-state index in [1.54, 1.807) is 12.1 Å². The van der Waals surface area contributed by atoms with Gasteiger partial charge in [0.05, 0.1) is 0 Å². The lowest BCUT2D eigenvalue weighted by molar-refractivity contribution is 0.102. The average molecular weight is 245 g/mol. The van der Waals surface area contributed by atoms with Crippen LogP contribution in [0.2, 0.25) is 0 Å². The van der Waals surface area contributed by atoms with E-state index in [1.165, 1.54) is 12.1 Å². The first kappa shape index (κ1) is 12.2. The number of anilines is 1. The number of aromatic amines is 1. The van der Waals surface area contributed by atoms with Crippen LogP contribution in [0.25, 0.3) is 0 Å². The van der Waals surface area contributed by atoms with E-state index in [0.29, 0.717) is 17.3 Å². The van der Waals surface area contributed by atoms with Crippen LogP contribution in [-0.4, -0.2) is 21.2 Å². The quantitative estimate of drug-likeness (QED) is 0.777. The lowest BCUT2D eigenvalue weighted by atomic mass is 10.1. The third-order valence-electron chi connectivity index (χ3n) is 2.59. The number of aromatic hydroxyl groups is 1. The second kappa shape index (κ2) is 4.91. The Bertz CT molecular complexity index is 544. The van der Waals surface area contributed by atoms with Gasteiger partial charge in [-0.25, -0.2) is 0 Å². The molecule has 1 amide bonds. The molecule has 0 fully saturated rings. The number of carbonyl (C=O) groups is 1. The number of nitrogens with one attached hydrogen (secondary N) is 2. The Kier molecular flexibility index (Phi) is 3.32. The molecule has 0 atom stereocenters. The van der Waals surface area contributed by atoms with Crippen LogP contribution in [0.5, 0.6) is 5.75 Å². The van der Waals surface area contributed by atoms with Crippen molar-refractivity contribution < 1.29 is 9.90 Å². The van der Waals surface area contributed by atoms with E-state index < -0.39 is 0 Å². The van der Waals surface area contributed by atoms with E-state index in [2.05, 4.69) is 15.5 Å². The van der Waals surface area contributed by atoms with Gasteiger partial charge in [0.1, 0.15) is 5.75 Å². The van der Waals surface area contributed by atoms with Crippen LogP contribution in [0.4, 0.5) is 5.82 Å². The minimum absolute atomic E-state index is 0.133. The summed E-state index contributed by atoms with van der Waals surface area (Å²) in [4.78, 5) is 11.9. The molecule has 1 aromatic heterocycles. The number of H-pyrrole nitrogens is 1. The summed E-state index contributed by atoms with van der Waals surface area (Å²) >= 11 is 0. The second-order valence-corrected chi connectivity index (χ2v) is 4.36. The summed E-state index contributed by atoms with van der Waals surface area (Å²) in [6, 6.07) is 7.86. The first-order valence-corrected chi connectivity index (χ1v) is 5.72. The average Bonchev–Trinajstić information content (AvgIpc) is 2.78. The summed E-state index contributed by atoms with van der Waals surface area (Å²) < 4.78 is 0. The van der Waals surface area contributed by atoms with Crippen LogP contribution in [0.1, 0.15) is 35.8 Å². The summed E-state index contributed by atoms with van der Waals surface area (Å²) in [6.07, 6.45) is 0. The Labute approximate surface area is 105 Å². The zero-order valence-corrected chi connectivity index (χ0v) is 10.3. The Morgan fingerprint density at radius 3 is 2.56 bits per heavy atom. The Balaban J connectivity index is 2.08. The highest BCUT2D eigenvalue weighted by atomic mass is 16.3. The fraction of sp³-hybridized carbons (Fsp3) is 0.231. The van der Waals surface area contributed by atoms with Crippen LogP contribution < -0.4 is 5.32 Å². The highest BCUT2D eigenvalue weighted by Crippen LogP contribution is 2.16.